The molecule has 2 aliphatic rings. The predicted molar refractivity (Wildman–Crippen MR) is 56.0 cm³/mol. The van der Waals surface area contributed by atoms with Crippen molar-refractivity contribution >= 4 is 0 Å². The van der Waals surface area contributed by atoms with Crippen molar-refractivity contribution in [2.75, 3.05) is 13.2 Å². The molecule has 2 fully saturated rings. The van der Waals surface area contributed by atoms with Gasteiger partial charge in [0.1, 0.15) is 0 Å². The molecule has 0 atom stereocenters. The lowest BCUT2D eigenvalue weighted by Gasteiger charge is -2.42. The number of rotatable bonds is 0. The van der Waals surface area contributed by atoms with Crippen LogP contribution in [0.4, 0.5) is 0 Å². The van der Waals surface area contributed by atoms with Gasteiger partial charge in [-0.1, -0.05) is 27.7 Å². The lowest BCUT2D eigenvalue weighted by Crippen LogP contribution is -2.46. The first-order valence-corrected chi connectivity index (χ1v) is 5.61. The molecular formula is C12H22O2. The van der Waals surface area contributed by atoms with E-state index in [-0.39, 0.29) is 11.2 Å². The van der Waals surface area contributed by atoms with Gasteiger partial charge in [0.05, 0.1) is 13.2 Å². The topological polar surface area (TPSA) is 18.5 Å². The molecule has 14 heavy (non-hydrogen) atoms. The molecule has 0 N–H and O–H groups in total. The maximum atomic E-state index is 5.96. The first-order valence-electron chi connectivity index (χ1n) is 5.61. The third kappa shape index (κ3) is 1.96. The van der Waals surface area contributed by atoms with E-state index in [1.54, 1.807) is 0 Å². The Kier molecular flexibility index (Phi) is 2.20. The van der Waals surface area contributed by atoms with Crippen molar-refractivity contribution in [1.82, 2.24) is 0 Å². The molecule has 2 heteroatoms. The molecule has 2 nitrogen and oxygen atoms in total. The second-order valence-corrected chi connectivity index (χ2v) is 6.49. The normalized spacial score (nSPS) is 33.4. The van der Waals surface area contributed by atoms with Crippen LogP contribution in [0.5, 0.6) is 0 Å². The van der Waals surface area contributed by atoms with Gasteiger partial charge in [-0.2, -0.15) is 0 Å². The van der Waals surface area contributed by atoms with Crippen molar-refractivity contribution in [3.8, 4) is 0 Å². The van der Waals surface area contributed by atoms with Gasteiger partial charge in [-0.05, 0) is 11.8 Å². The van der Waals surface area contributed by atoms with E-state index in [1.165, 1.54) is 6.42 Å². The lowest BCUT2D eigenvalue weighted by atomic mass is 9.90. The molecule has 0 unspecified atom stereocenters. The van der Waals surface area contributed by atoms with Crippen LogP contribution in [0, 0.1) is 10.8 Å². The van der Waals surface area contributed by atoms with Crippen molar-refractivity contribution in [2.24, 2.45) is 10.8 Å². The number of hydrogen-bond donors (Lipinski definition) is 0. The molecule has 1 spiro atoms. The van der Waals surface area contributed by atoms with Crippen molar-refractivity contribution in [1.29, 1.82) is 0 Å². The van der Waals surface area contributed by atoms with Crippen molar-refractivity contribution in [3.05, 3.63) is 0 Å². The zero-order valence-electron chi connectivity index (χ0n) is 9.85. The van der Waals surface area contributed by atoms with E-state index in [2.05, 4.69) is 27.7 Å². The first-order chi connectivity index (χ1) is 6.33. The van der Waals surface area contributed by atoms with Gasteiger partial charge in [0.15, 0.2) is 5.79 Å². The van der Waals surface area contributed by atoms with Crippen LogP contribution in [0.1, 0.15) is 47.0 Å². The van der Waals surface area contributed by atoms with Gasteiger partial charge >= 0.3 is 0 Å². The van der Waals surface area contributed by atoms with Gasteiger partial charge in [0.2, 0.25) is 0 Å². The summed E-state index contributed by atoms with van der Waals surface area (Å²) in [4.78, 5) is 0. The summed E-state index contributed by atoms with van der Waals surface area (Å²) in [6.07, 6.45) is 3.33. The van der Waals surface area contributed by atoms with Gasteiger partial charge in [-0.15, -0.1) is 0 Å². The summed E-state index contributed by atoms with van der Waals surface area (Å²) >= 11 is 0. The fraction of sp³-hybridized carbons (Fsp3) is 1.00. The minimum atomic E-state index is -0.237. The molecule has 2 rings (SSSR count). The van der Waals surface area contributed by atoms with E-state index < -0.39 is 0 Å². The van der Waals surface area contributed by atoms with Gasteiger partial charge in [-0.25, -0.2) is 0 Å². The van der Waals surface area contributed by atoms with Crippen LogP contribution in [0.25, 0.3) is 0 Å². The monoisotopic (exact) mass is 198 g/mol. The molecule has 0 aromatic carbocycles. The first kappa shape index (κ1) is 10.4. The van der Waals surface area contributed by atoms with Crippen LogP contribution in [0.3, 0.4) is 0 Å². The summed E-state index contributed by atoms with van der Waals surface area (Å²) in [7, 11) is 0. The summed E-state index contributed by atoms with van der Waals surface area (Å²) in [5.41, 5.74) is 0.583. The zero-order valence-corrected chi connectivity index (χ0v) is 9.85. The maximum Gasteiger partial charge on any atom is 0.168 e. The molecule has 0 radical (unpaired) electrons. The second-order valence-electron chi connectivity index (χ2n) is 6.49. The molecule has 1 saturated heterocycles. The Hall–Kier alpha value is -0.0800. The van der Waals surface area contributed by atoms with Crippen molar-refractivity contribution < 1.29 is 9.47 Å². The SMILES string of the molecule is CC1(C)COC2(CCC(C)(C)C2)OC1. The quantitative estimate of drug-likeness (QED) is 0.596. The summed E-state index contributed by atoms with van der Waals surface area (Å²) < 4.78 is 11.9. The number of ether oxygens (including phenoxy) is 2. The number of hydrogen-bond acceptors (Lipinski definition) is 2. The third-order valence-corrected chi connectivity index (χ3v) is 3.38. The van der Waals surface area contributed by atoms with E-state index in [4.69, 9.17) is 9.47 Å². The molecule has 1 aliphatic carbocycles. The maximum absolute atomic E-state index is 5.96. The second kappa shape index (κ2) is 2.96. The molecule has 0 aromatic heterocycles. The van der Waals surface area contributed by atoms with Gasteiger partial charge < -0.3 is 9.47 Å². The van der Waals surface area contributed by atoms with Crippen LogP contribution in [-0.4, -0.2) is 19.0 Å². The van der Waals surface area contributed by atoms with Crippen LogP contribution >= 0.6 is 0 Å². The summed E-state index contributed by atoms with van der Waals surface area (Å²) in [6, 6.07) is 0. The Balaban J connectivity index is 2.01. The lowest BCUT2D eigenvalue weighted by molar-refractivity contribution is -0.297. The largest absolute Gasteiger partial charge is 0.349 e. The van der Waals surface area contributed by atoms with E-state index in [0.29, 0.717) is 5.41 Å². The third-order valence-electron chi connectivity index (χ3n) is 3.38. The molecular weight excluding hydrogens is 176 g/mol. The van der Waals surface area contributed by atoms with Crippen molar-refractivity contribution in [3.63, 3.8) is 0 Å². The van der Waals surface area contributed by atoms with E-state index >= 15 is 0 Å². The average molecular weight is 198 g/mol. The molecule has 1 heterocycles. The molecule has 82 valence electrons. The Morgan fingerprint density at radius 1 is 0.786 bits per heavy atom. The molecule has 1 saturated carbocycles. The van der Waals surface area contributed by atoms with Crippen LogP contribution in [-0.2, 0) is 9.47 Å². The molecule has 1 aliphatic heterocycles. The summed E-state index contributed by atoms with van der Waals surface area (Å²) in [5, 5.41) is 0. The van der Waals surface area contributed by atoms with E-state index in [1.807, 2.05) is 0 Å². The van der Waals surface area contributed by atoms with Gasteiger partial charge in [0, 0.05) is 18.3 Å². The Bertz CT molecular complexity index is 220. The average Bonchev–Trinajstić information content (AvgIpc) is 2.36. The fourth-order valence-corrected chi connectivity index (χ4v) is 2.42. The van der Waals surface area contributed by atoms with Crippen LogP contribution in [0.2, 0.25) is 0 Å². The Morgan fingerprint density at radius 3 is 1.79 bits per heavy atom. The highest BCUT2D eigenvalue weighted by Crippen LogP contribution is 2.48. The standard InChI is InChI=1S/C12H22O2/c1-10(2)5-6-12(7-10)13-8-11(3,4)9-14-12/h5-9H2,1-4H3. The minimum absolute atomic E-state index is 0.192. The Labute approximate surface area is 87.0 Å². The summed E-state index contributed by atoms with van der Waals surface area (Å²) in [6.45, 7) is 10.7. The van der Waals surface area contributed by atoms with E-state index in [0.717, 1.165) is 26.1 Å². The molecule has 0 aromatic rings. The molecule has 0 bridgehead atoms. The zero-order chi connectivity index (χ0) is 10.4. The molecule has 0 amide bonds. The highest BCUT2D eigenvalue weighted by Gasteiger charge is 2.48. The highest BCUT2D eigenvalue weighted by molar-refractivity contribution is 4.92. The van der Waals surface area contributed by atoms with Gasteiger partial charge in [0.25, 0.3) is 0 Å². The highest BCUT2D eigenvalue weighted by atomic mass is 16.7. The predicted octanol–water partition coefficient (Wildman–Crippen LogP) is 2.97. The smallest absolute Gasteiger partial charge is 0.168 e. The summed E-state index contributed by atoms with van der Waals surface area (Å²) in [5.74, 6) is -0.237. The van der Waals surface area contributed by atoms with Gasteiger partial charge in [-0.3, -0.25) is 0 Å². The van der Waals surface area contributed by atoms with Crippen LogP contribution < -0.4 is 0 Å². The van der Waals surface area contributed by atoms with E-state index in [9.17, 15) is 0 Å². The van der Waals surface area contributed by atoms with Crippen LogP contribution in [0.15, 0.2) is 0 Å². The minimum Gasteiger partial charge on any atom is -0.349 e. The Morgan fingerprint density at radius 2 is 1.36 bits per heavy atom. The van der Waals surface area contributed by atoms with Crippen molar-refractivity contribution in [2.45, 2.75) is 52.7 Å². The fourth-order valence-electron chi connectivity index (χ4n) is 2.42.